The Morgan fingerprint density at radius 2 is 1.66 bits per heavy atom. The minimum Gasteiger partial charge on any atom is -0.478 e. The van der Waals surface area contributed by atoms with Crippen LogP contribution in [0.1, 0.15) is 67.9 Å². The highest BCUT2D eigenvalue weighted by molar-refractivity contribution is 5.98. The Balaban J connectivity index is 1.59. The summed E-state index contributed by atoms with van der Waals surface area (Å²) >= 11 is 0. The summed E-state index contributed by atoms with van der Waals surface area (Å²) in [5.41, 5.74) is 3.71. The normalized spacial score (nSPS) is 21.5. The molecule has 3 aliphatic rings. The molecule has 3 heterocycles. The monoisotopic (exact) mass is 433 g/mol. The lowest BCUT2D eigenvalue weighted by molar-refractivity contribution is 0.0115. The van der Waals surface area contributed by atoms with Gasteiger partial charge in [0.1, 0.15) is 22.7 Å². The van der Waals surface area contributed by atoms with Gasteiger partial charge < -0.3 is 19.5 Å². The first-order valence-electron chi connectivity index (χ1n) is 11.1. The molecule has 2 aromatic rings. The molecule has 0 aromatic heterocycles. The van der Waals surface area contributed by atoms with E-state index in [4.69, 9.17) is 9.47 Å². The van der Waals surface area contributed by atoms with Crippen LogP contribution < -0.4 is 4.74 Å². The number of carbonyl (C=O) groups excluding carboxylic acids is 1. The third-order valence-corrected chi connectivity index (χ3v) is 6.43. The van der Waals surface area contributed by atoms with Gasteiger partial charge in [0.25, 0.3) is 0 Å². The van der Waals surface area contributed by atoms with Crippen LogP contribution in [0, 0.1) is 0 Å². The van der Waals surface area contributed by atoms with Gasteiger partial charge in [0, 0.05) is 23.2 Å². The SMILES string of the molecule is CC(C)(C)OC(=O)N1C2CCC1CC(=C1c3ccccc3Oc3c(C(=O)O)cccc31)C2. The number of benzene rings is 2. The molecule has 2 fully saturated rings. The third-order valence-electron chi connectivity index (χ3n) is 6.43. The number of rotatable bonds is 1. The summed E-state index contributed by atoms with van der Waals surface area (Å²) in [7, 11) is 0. The summed E-state index contributed by atoms with van der Waals surface area (Å²) in [4.78, 5) is 26.7. The molecule has 2 atom stereocenters. The smallest absolute Gasteiger partial charge is 0.410 e. The molecule has 0 aliphatic carbocycles. The lowest BCUT2D eigenvalue weighted by Gasteiger charge is -2.38. The number of hydrogen-bond acceptors (Lipinski definition) is 4. The molecule has 1 N–H and O–H groups in total. The number of nitrogens with zero attached hydrogens (tertiary/aromatic N) is 1. The van der Waals surface area contributed by atoms with Gasteiger partial charge in [-0.15, -0.1) is 0 Å². The van der Waals surface area contributed by atoms with E-state index in [9.17, 15) is 14.7 Å². The van der Waals surface area contributed by atoms with Crippen molar-refractivity contribution in [1.82, 2.24) is 4.90 Å². The van der Waals surface area contributed by atoms with E-state index in [1.54, 1.807) is 12.1 Å². The standard InChI is InChI=1S/C26H27NO5/c1-26(2,3)32-25(30)27-16-11-12-17(27)14-15(13-16)22-18-7-4-5-10-21(18)31-23-19(22)8-6-9-20(23)24(28)29/h4-10,16-17H,11-14H2,1-3H3,(H,28,29). The molecule has 2 bridgehead atoms. The van der Waals surface area contributed by atoms with Crippen molar-refractivity contribution in [2.75, 3.05) is 0 Å². The van der Waals surface area contributed by atoms with Crippen molar-refractivity contribution in [1.29, 1.82) is 0 Å². The number of fused-ring (bicyclic) bond motifs is 4. The van der Waals surface area contributed by atoms with Gasteiger partial charge in [0.05, 0.1) is 0 Å². The number of para-hydroxylation sites is 2. The molecule has 6 heteroatoms. The minimum atomic E-state index is -1.01. The summed E-state index contributed by atoms with van der Waals surface area (Å²) in [6, 6.07) is 13.2. The lowest BCUT2D eigenvalue weighted by Crippen LogP contribution is -2.47. The van der Waals surface area contributed by atoms with Crippen molar-refractivity contribution >= 4 is 17.6 Å². The second kappa shape index (κ2) is 7.40. The van der Waals surface area contributed by atoms with Crippen LogP contribution in [0.4, 0.5) is 4.79 Å². The van der Waals surface area contributed by atoms with E-state index < -0.39 is 11.6 Å². The molecule has 5 rings (SSSR count). The highest BCUT2D eigenvalue weighted by atomic mass is 16.6. The molecular weight excluding hydrogens is 406 g/mol. The number of carboxylic acids is 1. The lowest BCUT2D eigenvalue weighted by atomic mass is 9.83. The first-order chi connectivity index (χ1) is 15.2. The first kappa shape index (κ1) is 20.6. The Labute approximate surface area is 187 Å². The first-order valence-corrected chi connectivity index (χ1v) is 11.1. The predicted molar refractivity (Wildman–Crippen MR) is 120 cm³/mol. The summed E-state index contributed by atoms with van der Waals surface area (Å²) in [6.45, 7) is 5.67. The van der Waals surface area contributed by atoms with Crippen LogP contribution in [0.3, 0.4) is 0 Å². The topological polar surface area (TPSA) is 76.1 Å². The van der Waals surface area contributed by atoms with E-state index in [0.29, 0.717) is 11.5 Å². The van der Waals surface area contributed by atoms with Gasteiger partial charge in [-0.1, -0.05) is 35.9 Å². The highest BCUT2D eigenvalue weighted by Crippen LogP contribution is 2.50. The van der Waals surface area contributed by atoms with Crippen molar-refractivity contribution < 1.29 is 24.2 Å². The second-order valence-electron chi connectivity index (χ2n) is 9.75. The van der Waals surface area contributed by atoms with E-state index in [1.807, 2.05) is 56.0 Å². The quantitative estimate of drug-likeness (QED) is 0.521. The van der Waals surface area contributed by atoms with Gasteiger partial charge in [0.15, 0.2) is 0 Å². The van der Waals surface area contributed by atoms with Crippen LogP contribution in [0.15, 0.2) is 48.0 Å². The number of amides is 1. The van der Waals surface area contributed by atoms with Crippen LogP contribution in [-0.4, -0.2) is 39.8 Å². The Morgan fingerprint density at radius 1 is 1.00 bits per heavy atom. The van der Waals surface area contributed by atoms with Crippen molar-refractivity contribution in [3.8, 4) is 11.5 Å². The Hall–Kier alpha value is -3.28. The van der Waals surface area contributed by atoms with Gasteiger partial charge in [0.2, 0.25) is 0 Å². The number of carboxylic acid groups (broad SMARTS) is 1. The average Bonchev–Trinajstić information content (AvgIpc) is 3.00. The maximum atomic E-state index is 12.9. The largest absolute Gasteiger partial charge is 0.478 e. The maximum Gasteiger partial charge on any atom is 0.410 e. The minimum absolute atomic E-state index is 0.0900. The molecule has 2 aromatic carbocycles. The zero-order chi connectivity index (χ0) is 22.6. The zero-order valence-corrected chi connectivity index (χ0v) is 18.6. The van der Waals surface area contributed by atoms with E-state index in [0.717, 1.165) is 42.4 Å². The summed E-state index contributed by atoms with van der Waals surface area (Å²) in [6.07, 6.45) is 3.14. The number of aromatic carboxylic acids is 1. The fourth-order valence-electron chi connectivity index (χ4n) is 5.24. The van der Waals surface area contributed by atoms with Gasteiger partial charge in [-0.3, -0.25) is 0 Å². The Morgan fingerprint density at radius 3 is 2.31 bits per heavy atom. The molecule has 0 radical (unpaired) electrons. The van der Waals surface area contributed by atoms with Gasteiger partial charge in [-0.25, -0.2) is 9.59 Å². The fourth-order valence-corrected chi connectivity index (χ4v) is 5.24. The molecular formula is C26H27NO5. The molecule has 166 valence electrons. The van der Waals surface area contributed by atoms with Crippen molar-refractivity contribution in [2.24, 2.45) is 0 Å². The van der Waals surface area contributed by atoms with E-state index in [2.05, 4.69) is 0 Å². The highest BCUT2D eigenvalue weighted by Gasteiger charge is 2.44. The number of carbonyl (C=O) groups is 2. The second-order valence-corrected chi connectivity index (χ2v) is 9.75. The van der Waals surface area contributed by atoms with Gasteiger partial charge >= 0.3 is 12.1 Å². The summed E-state index contributed by atoms with van der Waals surface area (Å²) in [5, 5.41) is 9.71. The van der Waals surface area contributed by atoms with E-state index >= 15 is 0 Å². The average molecular weight is 434 g/mol. The van der Waals surface area contributed by atoms with Crippen LogP contribution in [0.2, 0.25) is 0 Å². The molecule has 32 heavy (non-hydrogen) atoms. The van der Waals surface area contributed by atoms with Crippen molar-refractivity contribution in [3.63, 3.8) is 0 Å². The Kier molecular flexibility index (Phi) is 4.77. The fraction of sp³-hybridized carbons (Fsp3) is 0.385. The van der Waals surface area contributed by atoms with Crippen LogP contribution in [0.5, 0.6) is 11.5 Å². The summed E-state index contributed by atoms with van der Waals surface area (Å²) < 4.78 is 11.8. The van der Waals surface area contributed by atoms with E-state index in [-0.39, 0.29) is 23.7 Å². The number of hydrogen-bond donors (Lipinski definition) is 1. The molecule has 0 spiro atoms. The number of ether oxygens (including phenoxy) is 2. The van der Waals surface area contributed by atoms with Crippen LogP contribution >= 0.6 is 0 Å². The molecule has 0 saturated carbocycles. The third kappa shape index (κ3) is 3.44. The van der Waals surface area contributed by atoms with Crippen molar-refractivity contribution in [3.05, 3.63) is 64.7 Å². The van der Waals surface area contributed by atoms with Crippen molar-refractivity contribution in [2.45, 2.75) is 64.1 Å². The summed E-state index contributed by atoms with van der Waals surface area (Å²) in [5.74, 6) is 0.0478. The number of piperidine rings is 1. The molecule has 1 amide bonds. The van der Waals surface area contributed by atoms with Gasteiger partial charge in [-0.2, -0.15) is 0 Å². The molecule has 3 aliphatic heterocycles. The maximum absolute atomic E-state index is 12.9. The molecule has 2 unspecified atom stereocenters. The van der Waals surface area contributed by atoms with Crippen LogP contribution in [-0.2, 0) is 4.74 Å². The van der Waals surface area contributed by atoms with Gasteiger partial charge in [-0.05, 0) is 64.2 Å². The molecule has 6 nitrogen and oxygen atoms in total. The Bertz CT molecular complexity index is 1130. The predicted octanol–water partition coefficient (Wildman–Crippen LogP) is 5.85. The van der Waals surface area contributed by atoms with Crippen LogP contribution in [0.25, 0.3) is 5.57 Å². The zero-order valence-electron chi connectivity index (χ0n) is 18.6. The molecule has 2 saturated heterocycles. The van der Waals surface area contributed by atoms with E-state index in [1.165, 1.54) is 5.57 Å².